The molecule has 0 unspecified atom stereocenters. The van der Waals surface area contributed by atoms with E-state index in [2.05, 4.69) is 4.84 Å². The van der Waals surface area contributed by atoms with Gasteiger partial charge >= 0.3 is 0 Å². The maximum atomic E-state index is 6.09. The number of methoxy groups -OCH3 is 1. The van der Waals surface area contributed by atoms with E-state index in [4.69, 9.17) is 15.4 Å². The largest absolute Gasteiger partial charge is 0.493 e. The fourth-order valence-corrected chi connectivity index (χ4v) is 3.29. The molecule has 1 aromatic rings. The molecule has 1 fully saturated rings. The van der Waals surface area contributed by atoms with Gasteiger partial charge < -0.3 is 14.3 Å². The second-order valence-electron chi connectivity index (χ2n) is 4.50. The highest BCUT2D eigenvalue weighted by Crippen LogP contribution is 2.33. The summed E-state index contributed by atoms with van der Waals surface area (Å²) in [5.74, 6) is 9.06. The summed E-state index contributed by atoms with van der Waals surface area (Å²) in [6.07, 6.45) is 3.22. The van der Waals surface area contributed by atoms with Gasteiger partial charge in [0.1, 0.15) is 6.10 Å². The van der Waals surface area contributed by atoms with Crippen LogP contribution in [0.2, 0.25) is 0 Å². The Morgan fingerprint density at radius 3 is 2.79 bits per heavy atom. The van der Waals surface area contributed by atoms with Gasteiger partial charge in [0.2, 0.25) is 0 Å². The van der Waals surface area contributed by atoms with Gasteiger partial charge in [0.05, 0.1) is 13.7 Å². The van der Waals surface area contributed by atoms with Gasteiger partial charge in [0, 0.05) is 12.0 Å². The minimum absolute atomic E-state index is 0.302. The lowest BCUT2D eigenvalue weighted by Crippen LogP contribution is -2.22. The summed E-state index contributed by atoms with van der Waals surface area (Å²) in [4.78, 5) is 4.64. The number of nitrogens with two attached hydrogens (primary N) is 1. The van der Waals surface area contributed by atoms with Crippen molar-refractivity contribution in [2.45, 2.75) is 25.4 Å². The number of rotatable bonds is 6. The lowest BCUT2D eigenvalue weighted by atomic mass is 10.1. The third kappa shape index (κ3) is 4.03. The Hall–Kier alpha value is -0.910. The molecule has 0 spiro atoms. The molecule has 1 heterocycles. The van der Waals surface area contributed by atoms with E-state index in [1.165, 1.54) is 11.5 Å². The van der Waals surface area contributed by atoms with Crippen molar-refractivity contribution in [1.82, 2.24) is 0 Å². The lowest BCUT2D eigenvalue weighted by molar-refractivity contribution is 0.140. The average molecular weight is 283 g/mol. The second kappa shape index (κ2) is 7.62. The molecule has 1 aliphatic heterocycles. The maximum Gasteiger partial charge on any atom is 0.164 e. The molecule has 0 bridgehead atoms. The minimum Gasteiger partial charge on any atom is -0.493 e. The summed E-state index contributed by atoms with van der Waals surface area (Å²) in [5.41, 5.74) is 1.07. The van der Waals surface area contributed by atoms with E-state index in [0.717, 1.165) is 36.3 Å². The molecule has 0 aliphatic carbocycles. The molecule has 2 N–H and O–H groups in total. The van der Waals surface area contributed by atoms with Crippen molar-refractivity contribution in [2.24, 2.45) is 5.90 Å². The number of ether oxygens (including phenoxy) is 2. The van der Waals surface area contributed by atoms with Crippen molar-refractivity contribution in [3.63, 3.8) is 0 Å². The maximum absolute atomic E-state index is 6.09. The van der Waals surface area contributed by atoms with Gasteiger partial charge in [-0.15, -0.1) is 0 Å². The molecule has 5 heteroatoms. The SMILES string of the molecule is COc1c(CCON)cccc1OC1CCSCC1. The normalized spacial score (nSPS) is 16.3. The van der Waals surface area contributed by atoms with Crippen molar-refractivity contribution in [2.75, 3.05) is 25.2 Å². The molecule has 2 rings (SSSR count). The third-order valence-corrected chi connectivity index (χ3v) is 4.26. The predicted octanol–water partition coefficient (Wildman–Crippen LogP) is 2.40. The van der Waals surface area contributed by atoms with Crippen molar-refractivity contribution in [3.05, 3.63) is 23.8 Å². The van der Waals surface area contributed by atoms with E-state index in [9.17, 15) is 0 Å². The Morgan fingerprint density at radius 1 is 1.32 bits per heavy atom. The minimum atomic E-state index is 0.302. The van der Waals surface area contributed by atoms with Gasteiger partial charge in [-0.2, -0.15) is 11.8 Å². The van der Waals surface area contributed by atoms with Gasteiger partial charge in [-0.3, -0.25) is 0 Å². The van der Waals surface area contributed by atoms with Crippen LogP contribution in [0.3, 0.4) is 0 Å². The van der Waals surface area contributed by atoms with E-state index in [1.54, 1.807) is 7.11 Å². The Morgan fingerprint density at radius 2 is 2.11 bits per heavy atom. The van der Waals surface area contributed by atoms with Crippen LogP contribution >= 0.6 is 11.8 Å². The molecule has 0 radical (unpaired) electrons. The van der Waals surface area contributed by atoms with Crippen molar-refractivity contribution in [1.29, 1.82) is 0 Å². The van der Waals surface area contributed by atoms with E-state index in [0.29, 0.717) is 12.7 Å². The first-order valence-corrected chi connectivity index (χ1v) is 7.72. The number of thioether (sulfide) groups is 1. The number of hydrogen-bond donors (Lipinski definition) is 1. The first-order chi connectivity index (χ1) is 9.35. The highest BCUT2D eigenvalue weighted by Gasteiger charge is 2.18. The average Bonchev–Trinajstić information content (AvgIpc) is 2.46. The zero-order chi connectivity index (χ0) is 13.5. The van der Waals surface area contributed by atoms with Crippen LogP contribution in [0.4, 0.5) is 0 Å². The van der Waals surface area contributed by atoms with E-state index >= 15 is 0 Å². The second-order valence-corrected chi connectivity index (χ2v) is 5.72. The van der Waals surface area contributed by atoms with Crippen molar-refractivity contribution >= 4 is 11.8 Å². The van der Waals surface area contributed by atoms with Crippen LogP contribution in [0.5, 0.6) is 11.5 Å². The van der Waals surface area contributed by atoms with Crippen LogP contribution in [-0.4, -0.2) is 31.3 Å². The molecule has 0 atom stereocenters. The molecule has 106 valence electrons. The topological polar surface area (TPSA) is 53.7 Å². The fraction of sp³-hybridized carbons (Fsp3) is 0.571. The monoisotopic (exact) mass is 283 g/mol. The molecule has 0 aromatic heterocycles. The van der Waals surface area contributed by atoms with Gasteiger partial charge in [0.25, 0.3) is 0 Å². The number of benzene rings is 1. The van der Waals surface area contributed by atoms with Crippen LogP contribution in [0.1, 0.15) is 18.4 Å². The summed E-state index contributed by atoms with van der Waals surface area (Å²) < 4.78 is 11.6. The quantitative estimate of drug-likeness (QED) is 0.813. The molecule has 4 nitrogen and oxygen atoms in total. The van der Waals surface area contributed by atoms with Gasteiger partial charge in [-0.1, -0.05) is 12.1 Å². The summed E-state index contributed by atoms with van der Waals surface area (Å²) in [6, 6.07) is 5.97. The van der Waals surface area contributed by atoms with Crippen LogP contribution < -0.4 is 15.4 Å². The summed E-state index contributed by atoms with van der Waals surface area (Å²) in [6.45, 7) is 0.472. The Kier molecular flexibility index (Phi) is 5.82. The van der Waals surface area contributed by atoms with Gasteiger partial charge in [-0.05, 0) is 30.4 Å². The van der Waals surface area contributed by atoms with Crippen LogP contribution in [0.15, 0.2) is 18.2 Å². The summed E-state index contributed by atoms with van der Waals surface area (Å²) in [5, 5.41) is 0. The Balaban J connectivity index is 2.09. The number of hydrogen-bond acceptors (Lipinski definition) is 5. The molecule has 1 aromatic carbocycles. The molecule has 0 amide bonds. The highest BCUT2D eigenvalue weighted by atomic mass is 32.2. The van der Waals surface area contributed by atoms with Crippen molar-refractivity contribution in [3.8, 4) is 11.5 Å². The first kappa shape index (κ1) is 14.5. The molecule has 1 saturated heterocycles. The Bertz CT molecular complexity index is 394. The van der Waals surface area contributed by atoms with E-state index < -0.39 is 0 Å². The summed E-state index contributed by atoms with van der Waals surface area (Å²) >= 11 is 1.99. The third-order valence-electron chi connectivity index (χ3n) is 3.22. The van der Waals surface area contributed by atoms with Crippen LogP contribution in [0.25, 0.3) is 0 Å². The first-order valence-electron chi connectivity index (χ1n) is 6.57. The standard InChI is InChI=1S/C14H21NO3S/c1-16-14-11(5-8-17-15)3-2-4-13(14)18-12-6-9-19-10-7-12/h2-4,12H,5-10,15H2,1H3. The smallest absolute Gasteiger partial charge is 0.164 e. The van der Waals surface area contributed by atoms with Gasteiger partial charge in [-0.25, -0.2) is 5.90 Å². The van der Waals surface area contributed by atoms with Crippen LogP contribution in [-0.2, 0) is 11.3 Å². The summed E-state index contributed by atoms with van der Waals surface area (Å²) in [7, 11) is 1.67. The molecule has 1 aliphatic rings. The Labute approximate surface area is 118 Å². The van der Waals surface area contributed by atoms with Crippen LogP contribution in [0, 0.1) is 0 Å². The predicted molar refractivity (Wildman–Crippen MR) is 77.8 cm³/mol. The molecule has 0 saturated carbocycles. The number of para-hydroxylation sites is 1. The zero-order valence-electron chi connectivity index (χ0n) is 11.3. The van der Waals surface area contributed by atoms with E-state index in [-0.39, 0.29) is 0 Å². The molecular formula is C14H21NO3S. The zero-order valence-corrected chi connectivity index (χ0v) is 12.1. The highest BCUT2D eigenvalue weighted by molar-refractivity contribution is 7.99. The fourth-order valence-electron chi connectivity index (χ4n) is 2.22. The molecular weight excluding hydrogens is 262 g/mol. The van der Waals surface area contributed by atoms with E-state index in [1.807, 2.05) is 30.0 Å². The lowest BCUT2D eigenvalue weighted by Gasteiger charge is -2.24. The molecule has 19 heavy (non-hydrogen) atoms. The van der Waals surface area contributed by atoms with Gasteiger partial charge in [0.15, 0.2) is 11.5 Å². The van der Waals surface area contributed by atoms with Crippen molar-refractivity contribution < 1.29 is 14.3 Å².